The Hall–Kier alpha value is -2.83. The first kappa shape index (κ1) is 22.2. The molecule has 2 aromatic rings. The first-order valence-corrected chi connectivity index (χ1v) is 13.8. The van der Waals surface area contributed by atoms with Crippen molar-refractivity contribution in [2.75, 3.05) is 32.6 Å². The van der Waals surface area contributed by atoms with Crippen LogP contribution in [0.3, 0.4) is 0 Å². The lowest BCUT2D eigenvalue weighted by Gasteiger charge is -2.70. The molecule has 6 nitrogen and oxygen atoms in total. The first-order valence-electron chi connectivity index (χ1n) is 13.8. The molecule has 5 aliphatic carbocycles. The van der Waals surface area contributed by atoms with Crippen molar-refractivity contribution in [2.24, 2.45) is 11.3 Å². The fourth-order valence-electron chi connectivity index (χ4n) is 8.98. The molecule has 2 aliphatic heterocycles. The maximum absolute atomic E-state index is 14.0. The van der Waals surface area contributed by atoms with Crippen LogP contribution >= 0.6 is 0 Å². The highest BCUT2D eigenvalue weighted by Crippen LogP contribution is 2.75. The second kappa shape index (κ2) is 7.39. The number of benzene rings is 2. The van der Waals surface area contributed by atoms with Crippen LogP contribution in [-0.2, 0) is 21.4 Å². The van der Waals surface area contributed by atoms with Gasteiger partial charge in [0.15, 0.2) is 11.5 Å². The van der Waals surface area contributed by atoms with Crippen molar-refractivity contribution in [1.82, 2.24) is 4.90 Å². The maximum atomic E-state index is 14.0. The number of amides is 1. The molecule has 2 spiro atoms. The molecule has 2 aromatic carbocycles. The van der Waals surface area contributed by atoms with E-state index < -0.39 is 5.60 Å². The highest BCUT2D eigenvalue weighted by molar-refractivity contribution is 6.06. The Morgan fingerprint density at radius 3 is 2.70 bits per heavy atom. The minimum absolute atomic E-state index is 0.0777. The molecule has 1 amide bonds. The number of nitrogens with zero attached hydrogens (tertiary/aromatic N) is 1. The van der Waals surface area contributed by atoms with Gasteiger partial charge in [0.1, 0.15) is 11.7 Å². The topological polar surface area (TPSA) is 60.0 Å². The molecule has 9 rings (SSSR count). The number of rotatable bonds is 6. The van der Waals surface area contributed by atoms with Crippen LogP contribution in [-0.4, -0.2) is 55.9 Å². The molecule has 3 fully saturated rings. The Morgan fingerprint density at radius 1 is 1.11 bits per heavy atom. The molecule has 2 heterocycles. The maximum Gasteiger partial charge on any atom is 0.254 e. The van der Waals surface area contributed by atoms with Crippen LogP contribution in [0.2, 0.25) is 0 Å². The van der Waals surface area contributed by atoms with Gasteiger partial charge in [0, 0.05) is 41.9 Å². The lowest BCUT2D eigenvalue weighted by Crippen LogP contribution is -2.78. The van der Waals surface area contributed by atoms with Crippen molar-refractivity contribution in [1.29, 1.82) is 0 Å². The van der Waals surface area contributed by atoms with Crippen LogP contribution in [0, 0.1) is 11.3 Å². The number of piperidine rings is 1. The van der Waals surface area contributed by atoms with Crippen LogP contribution in [0.25, 0.3) is 0 Å². The molecule has 37 heavy (non-hydrogen) atoms. The van der Waals surface area contributed by atoms with Crippen molar-refractivity contribution < 1.29 is 19.0 Å². The second-order valence-corrected chi connectivity index (χ2v) is 12.0. The fraction of sp³-hybridized carbons (Fsp3) is 0.516. The second-order valence-electron chi connectivity index (χ2n) is 12.0. The molecular formula is C31H34N2O4. The summed E-state index contributed by atoms with van der Waals surface area (Å²) >= 11 is 0. The molecule has 2 saturated carbocycles. The number of hydrogen-bond donors (Lipinski definition) is 1. The summed E-state index contributed by atoms with van der Waals surface area (Å²) in [5.74, 6) is 2.41. The monoisotopic (exact) mass is 498 g/mol. The van der Waals surface area contributed by atoms with E-state index in [2.05, 4.69) is 28.4 Å². The van der Waals surface area contributed by atoms with E-state index in [4.69, 9.17) is 14.2 Å². The van der Waals surface area contributed by atoms with Gasteiger partial charge < -0.3 is 19.5 Å². The molecule has 7 aliphatic rings. The van der Waals surface area contributed by atoms with Crippen molar-refractivity contribution in [3.05, 3.63) is 65.2 Å². The number of para-hydroxylation sites is 1. The smallest absolute Gasteiger partial charge is 0.254 e. The van der Waals surface area contributed by atoms with E-state index in [1.165, 1.54) is 30.5 Å². The standard InChI is InChI=1S/C31H34N2O4/c1-35-23-11-10-20-16-24-29-12-13-31(36-2,22(17-29)27(34)32-21-6-4-3-5-7-21)28-30(29,25(20)26(23)37-28)14-15-33(24)18-19-8-9-19/h3-7,10-11,17,19,24,28H,8-9,12-16,18H2,1-2H3,(H,32,34)/t24-,28-,29-,30+,31-/m1/s1. The van der Waals surface area contributed by atoms with Gasteiger partial charge in [-0.3, -0.25) is 9.69 Å². The predicted octanol–water partition coefficient (Wildman–Crippen LogP) is 4.48. The van der Waals surface area contributed by atoms with Crippen LogP contribution in [0.1, 0.15) is 43.2 Å². The Labute approximate surface area is 218 Å². The molecule has 0 aromatic heterocycles. The number of fused-ring (bicyclic) bond motifs is 1. The number of likely N-dealkylation sites (tertiary alicyclic amines) is 1. The normalized spacial score (nSPS) is 36.4. The third-order valence-corrected chi connectivity index (χ3v) is 10.7. The Balaban J connectivity index is 1.34. The van der Waals surface area contributed by atoms with E-state index in [9.17, 15) is 4.79 Å². The molecular weight excluding hydrogens is 464 g/mol. The van der Waals surface area contributed by atoms with Gasteiger partial charge >= 0.3 is 0 Å². The summed E-state index contributed by atoms with van der Waals surface area (Å²) in [5, 5.41) is 3.17. The van der Waals surface area contributed by atoms with E-state index in [0.29, 0.717) is 6.04 Å². The lowest BCUT2D eigenvalue weighted by molar-refractivity contribution is -0.196. The van der Waals surface area contributed by atoms with E-state index in [-0.39, 0.29) is 22.8 Å². The number of carbonyl (C=O) groups excluding carboxylic acids is 1. The predicted molar refractivity (Wildman–Crippen MR) is 140 cm³/mol. The largest absolute Gasteiger partial charge is 0.493 e. The van der Waals surface area contributed by atoms with Crippen molar-refractivity contribution in [3.63, 3.8) is 0 Å². The van der Waals surface area contributed by atoms with Crippen molar-refractivity contribution in [3.8, 4) is 11.5 Å². The van der Waals surface area contributed by atoms with Crippen LogP contribution in [0.4, 0.5) is 5.69 Å². The molecule has 0 unspecified atom stereocenters. The number of nitrogens with one attached hydrogen (secondary N) is 1. The highest BCUT2D eigenvalue weighted by Gasteiger charge is 2.79. The number of carbonyl (C=O) groups is 1. The van der Waals surface area contributed by atoms with Crippen molar-refractivity contribution in [2.45, 2.75) is 61.7 Å². The molecule has 4 bridgehead atoms. The van der Waals surface area contributed by atoms with Gasteiger partial charge in [0.25, 0.3) is 5.91 Å². The van der Waals surface area contributed by atoms with Gasteiger partial charge in [-0.1, -0.05) is 30.3 Å². The number of hydrogen-bond acceptors (Lipinski definition) is 5. The Kier molecular flexibility index (Phi) is 4.43. The van der Waals surface area contributed by atoms with Gasteiger partial charge in [-0.05, 0) is 74.8 Å². The summed E-state index contributed by atoms with van der Waals surface area (Å²) < 4.78 is 19.3. The van der Waals surface area contributed by atoms with Crippen LogP contribution in [0.15, 0.2) is 54.1 Å². The zero-order valence-electron chi connectivity index (χ0n) is 21.6. The van der Waals surface area contributed by atoms with E-state index in [1.54, 1.807) is 14.2 Å². The summed E-state index contributed by atoms with van der Waals surface area (Å²) in [4.78, 5) is 16.8. The molecule has 1 N–H and O–H groups in total. The van der Waals surface area contributed by atoms with E-state index >= 15 is 0 Å². The number of ether oxygens (including phenoxy) is 3. The van der Waals surface area contributed by atoms with E-state index in [1.807, 2.05) is 30.3 Å². The number of anilines is 1. The Morgan fingerprint density at radius 2 is 1.95 bits per heavy atom. The summed E-state index contributed by atoms with van der Waals surface area (Å²) in [5.41, 5.74) is 3.07. The van der Waals surface area contributed by atoms with Gasteiger partial charge in [0.05, 0.1) is 12.5 Å². The fourth-order valence-corrected chi connectivity index (χ4v) is 8.98. The highest BCUT2D eigenvalue weighted by atomic mass is 16.6. The molecule has 6 heteroatoms. The van der Waals surface area contributed by atoms with Gasteiger partial charge in [-0.2, -0.15) is 0 Å². The zero-order chi connectivity index (χ0) is 25.0. The average Bonchev–Trinajstić information content (AvgIpc) is 3.67. The van der Waals surface area contributed by atoms with Crippen molar-refractivity contribution >= 4 is 11.6 Å². The summed E-state index contributed by atoms with van der Waals surface area (Å²) in [6.45, 7) is 2.24. The third-order valence-electron chi connectivity index (χ3n) is 10.7. The van der Waals surface area contributed by atoms with Crippen LogP contribution in [0.5, 0.6) is 11.5 Å². The first-order chi connectivity index (χ1) is 18.1. The SMILES string of the molecule is COc1ccc2c3c1O[C@@H]1[C@]34CCN(CC3CC3)[C@H](C2)[C@@]42C=C(C(=O)Nc3ccccc3)[C@]1(OC)CC2. The molecule has 1 saturated heterocycles. The zero-order valence-corrected chi connectivity index (χ0v) is 21.6. The minimum atomic E-state index is -0.803. The Bertz CT molecular complexity index is 1340. The van der Waals surface area contributed by atoms with Gasteiger partial charge in [0.2, 0.25) is 0 Å². The number of methoxy groups -OCH3 is 2. The minimum Gasteiger partial charge on any atom is -0.493 e. The average molecular weight is 499 g/mol. The summed E-state index contributed by atoms with van der Waals surface area (Å²) in [6, 6.07) is 14.4. The quantitative estimate of drug-likeness (QED) is 0.637. The molecule has 0 radical (unpaired) electrons. The lowest BCUT2D eigenvalue weighted by atomic mass is 9.37. The van der Waals surface area contributed by atoms with Gasteiger partial charge in [-0.15, -0.1) is 0 Å². The summed E-state index contributed by atoms with van der Waals surface area (Å²) in [7, 11) is 3.48. The van der Waals surface area contributed by atoms with Crippen LogP contribution < -0.4 is 14.8 Å². The third kappa shape index (κ3) is 2.61. The molecule has 192 valence electrons. The summed E-state index contributed by atoms with van der Waals surface area (Å²) in [6.07, 6.45) is 8.59. The van der Waals surface area contributed by atoms with Gasteiger partial charge in [-0.25, -0.2) is 0 Å². The van der Waals surface area contributed by atoms with E-state index in [0.717, 1.165) is 60.9 Å². The molecule has 5 atom stereocenters.